The summed E-state index contributed by atoms with van der Waals surface area (Å²) in [4.78, 5) is 0. The van der Waals surface area contributed by atoms with E-state index in [2.05, 4.69) is 132 Å². The van der Waals surface area contributed by atoms with Crippen molar-refractivity contribution in [3.63, 3.8) is 0 Å². The van der Waals surface area contributed by atoms with Gasteiger partial charge in [0, 0.05) is 53.5 Å². The van der Waals surface area contributed by atoms with Crippen LogP contribution in [-0.2, 0) is 0 Å². The average Bonchev–Trinajstić information content (AvgIpc) is 3.65. The molecule has 0 spiro atoms. The summed E-state index contributed by atoms with van der Waals surface area (Å²) in [6.45, 7) is 0. The van der Waals surface area contributed by atoms with Crippen molar-refractivity contribution in [3.8, 4) is 16.8 Å². The van der Waals surface area contributed by atoms with Crippen molar-refractivity contribution in [3.05, 3.63) is 127 Å². The van der Waals surface area contributed by atoms with Crippen molar-refractivity contribution in [2.75, 3.05) is 0 Å². The van der Waals surface area contributed by atoms with E-state index in [1.54, 1.807) is 0 Å². The van der Waals surface area contributed by atoms with Crippen LogP contribution < -0.4 is 0 Å². The summed E-state index contributed by atoms with van der Waals surface area (Å²) in [7, 11) is 0. The topological polar surface area (TPSA) is 18.1 Å². The molecule has 39 heavy (non-hydrogen) atoms. The molecule has 0 aliphatic heterocycles. The van der Waals surface area contributed by atoms with E-state index in [0.29, 0.717) is 0 Å². The highest BCUT2D eigenvalue weighted by atomic mass is 32.1. The maximum Gasteiger partial charge on any atom is 0.137 e. The van der Waals surface area contributed by atoms with Crippen LogP contribution >= 0.6 is 11.3 Å². The SMILES string of the molecule is c1ccc2c(c1)sc1cccc(-c3ccc4oc5cc(-n6c7ccccc7c7ccccc76)ccc5c4c3)c12. The first-order valence-electron chi connectivity index (χ1n) is 13.2. The number of nitrogens with zero attached hydrogens (tertiary/aromatic N) is 1. The van der Waals surface area contributed by atoms with Gasteiger partial charge in [0.15, 0.2) is 0 Å². The molecule has 0 aliphatic rings. The molecule has 182 valence electrons. The molecule has 2 nitrogen and oxygen atoms in total. The highest BCUT2D eigenvalue weighted by Gasteiger charge is 2.16. The van der Waals surface area contributed by atoms with E-state index in [1.165, 1.54) is 53.1 Å². The molecule has 0 saturated carbocycles. The van der Waals surface area contributed by atoms with Crippen LogP contribution in [0, 0.1) is 0 Å². The molecule has 0 N–H and O–H groups in total. The monoisotopic (exact) mass is 515 g/mol. The average molecular weight is 516 g/mol. The molecule has 3 heteroatoms. The van der Waals surface area contributed by atoms with Crippen molar-refractivity contribution in [1.29, 1.82) is 0 Å². The molecule has 0 unspecified atom stereocenters. The molecule has 9 rings (SSSR count). The second kappa shape index (κ2) is 7.83. The molecule has 0 radical (unpaired) electrons. The van der Waals surface area contributed by atoms with Crippen molar-refractivity contribution < 1.29 is 4.42 Å². The first-order chi connectivity index (χ1) is 19.3. The molecule has 9 aromatic rings. The van der Waals surface area contributed by atoms with Gasteiger partial charge in [-0.3, -0.25) is 0 Å². The number of hydrogen-bond donors (Lipinski definition) is 0. The Bertz CT molecular complexity index is 2350. The lowest BCUT2D eigenvalue weighted by Gasteiger charge is -2.07. The molecule has 0 fully saturated rings. The summed E-state index contributed by atoms with van der Waals surface area (Å²) >= 11 is 1.86. The van der Waals surface area contributed by atoms with Crippen LogP contribution in [0.3, 0.4) is 0 Å². The predicted octanol–water partition coefficient (Wildman–Crippen LogP) is 10.7. The van der Waals surface area contributed by atoms with Crippen molar-refractivity contribution >= 4 is 75.3 Å². The number of para-hydroxylation sites is 2. The smallest absolute Gasteiger partial charge is 0.137 e. The van der Waals surface area contributed by atoms with E-state index in [1.807, 2.05) is 11.3 Å². The third-order valence-electron chi connectivity index (χ3n) is 8.01. The zero-order valence-corrected chi connectivity index (χ0v) is 21.7. The number of rotatable bonds is 2. The number of fused-ring (bicyclic) bond motifs is 9. The maximum atomic E-state index is 6.44. The molecule has 6 aromatic carbocycles. The molecule has 0 aliphatic carbocycles. The van der Waals surface area contributed by atoms with Crippen molar-refractivity contribution in [2.45, 2.75) is 0 Å². The van der Waals surface area contributed by atoms with Gasteiger partial charge in [-0.2, -0.15) is 0 Å². The van der Waals surface area contributed by atoms with E-state index in [9.17, 15) is 0 Å². The Hall–Kier alpha value is -4.86. The van der Waals surface area contributed by atoms with E-state index in [0.717, 1.165) is 27.6 Å². The van der Waals surface area contributed by atoms with Crippen LogP contribution in [0.15, 0.2) is 132 Å². The standard InChI is InChI=1S/C36H21NOS/c1-4-12-30-25(8-1)26-9-2-5-13-31(26)37(30)23-17-18-27-29-20-22(16-19-32(29)38-33(27)21-23)24-11-7-15-35-36(24)28-10-3-6-14-34(28)39-35/h1-21H. The lowest BCUT2D eigenvalue weighted by molar-refractivity contribution is 0.668. The van der Waals surface area contributed by atoms with Gasteiger partial charge in [0.1, 0.15) is 11.2 Å². The van der Waals surface area contributed by atoms with Gasteiger partial charge < -0.3 is 8.98 Å². The molecule has 0 amide bonds. The summed E-state index contributed by atoms with van der Waals surface area (Å²) in [5.74, 6) is 0. The minimum atomic E-state index is 0.903. The van der Waals surface area contributed by atoms with Gasteiger partial charge in [0.25, 0.3) is 0 Å². The molecule has 0 saturated heterocycles. The fourth-order valence-corrected chi connectivity index (χ4v) is 7.42. The van der Waals surface area contributed by atoms with Crippen molar-refractivity contribution in [1.82, 2.24) is 4.57 Å². The van der Waals surface area contributed by atoms with E-state index >= 15 is 0 Å². The molecular weight excluding hydrogens is 494 g/mol. The lowest BCUT2D eigenvalue weighted by Crippen LogP contribution is -1.93. The van der Waals surface area contributed by atoms with Gasteiger partial charge in [-0.25, -0.2) is 0 Å². The third kappa shape index (κ3) is 2.96. The minimum Gasteiger partial charge on any atom is -0.456 e. The van der Waals surface area contributed by atoms with Crippen LogP contribution in [0.25, 0.3) is 80.7 Å². The summed E-state index contributed by atoms with van der Waals surface area (Å²) in [5.41, 5.74) is 7.80. The van der Waals surface area contributed by atoms with Crippen LogP contribution in [-0.4, -0.2) is 4.57 Å². The van der Waals surface area contributed by atoms with Crippen LogP contribution in [0.4, 0.5) is 0 Å². The minimum absolute atomic E-state index is 0.903. The van der Waals surface area contributed by atoms with E-state index < -0.39 is 0 Å². The summed E-state index contributed by atoms with van der Waals surface area (Å²) < 4.78 is 11.4. The Morgan fingerprint density at radius 2 is 1.21 bits per heavy atom. The van der Waals surface area contributed by atoms with E-state index in [-0.39, 0.29) is 0 Å². The van der Waals surface area contributed by atoms with Crippen LogP contribution in [0.5, 0.6) is 0 Å². The highest BCUT2D eigenvalue weighted by molar-refractivity contribution is 7.25. The summed E-state index contributed by atoms with van der Waals surface area (Å²) in [6.07, 6.45) is 0. The number of thiophene rings is 1. The largest absolute Gasteiger partial charge is 0.456 e. The summed E-state index contributed by atoms with van der Waals surface area (Å²) in [6, 6.07) is 45.8. The zero-order chi connectivity index (χ0) is 25.5. The van der Waals surface area contributed by atoms with Gasteiger partial charge in [0.05, 0.1) is 11.0 Å². The maximum absolute atomic E-state index is 6.44. The fraction of sp³-hybridized carbons (Fsp3) is 0. The summed E-state index contributed by atoms with van der Waals surface area (Å²) in [5, 5.41) is 7.46. The third-order valence-corrected chi connectivity index (χ3v) is 9.14. The van der Waals surface area contributed by atoms with Crippen LogP contribution in [0.1, 0.15) is 0 Å². The molecule has 0 atom stereocenters. The Morgan fingerprint density at radius 1 is 0.487 bits per heavy atom. The first-order valence-corrected chi connectivity index (χ1v) is 14.0. The zero-order valence-electron chi connectivity index (χ0n) is 20.9. The fourth-order valence-electron chi connectivity index (χ4n) is 6.29. The van der Waals surface area contributed by atoms with Gasteiger partial charge in [-0.15, -0.1) is 11.3 Å². The van der Waals surface area contributed by atoms with Gasteiger partial charge in [-0.1, -0.05) is 72.8 Å². The number of aromatic nitrogens is 1. The van der Waals surface area contributed by atoms with Crippen LogP contribution in [0.2, 0.25) is 0 Å². The molecular formula is C36H21NOS. The normalized spacial score (nSPS) is 12.1. The molecule has 3 aromatic heterocycles. The molecule has 0 bridgehead atoms. The Balaban J connectivity index is 1.26. The molecule has 3 heterocycles. The Kier molecular flexibility index (Phi) is 4.24. The lowest BCUT2D eigenvalue weighted by atomic mass is 9.98. The predicted molar refractivity (Wildman–Crippen MR) is 166 cm³/mol. The van der Waals surface area contributed by atoms with Crippen molar-refractivity contribution in [2.24, 2.45) is 0 Å². The highest BCUT2D eigenvalue weighted by Crippen LogP contribution is 2.42. The Morgan fingerprint density at radius 3 is 2.03 bits per heavy atom. The number of furan rings is 1. The number of hydrogen-bond acceptors (Lipinski definition) is 2. The van der Waals surface area contributed by atoms with E-state index in [4.69, 9.17) is 4.42 Å². The second-order valence-corrected chi connectivity index (χ2v) is 11.2. The van der Waals surface area contributed by atoms with Gasteiger partial charge in [-0.05, 0) is 59.7 Å². The Labute approximate surface area is 227 Å². The van der Waals surface area contributed by atoms with Gasteiger partial charge in [0.2, 0.25) is 0 Å². The number of benzene rings is 6. The first kappa shape index (κ1) is 21.1. The second-order valence-electron chi connectivity index (χ2n) is 10.1. The van der Waals surface area contributed by atoms with Gasteiger partial charge >= 0.3 is 0 Å². The quantitative estimate of drug-likeness (QED) is 0.224.